The van der Waals surface area contributed by atoms with Crippen LogP contribution >= 0.6 is 0 Å². The second kappa shape index (κ2) is 8.36. The van der Waals surface area contributed by atoms with Crippen LogP contribution in [0.25, 0.3) is 0 Å². The fraction of sp³-hybridized carbons (Fsp3) is 0.188. The van der Waals surface area contributed by atoms with Gasteiger partial charge >= 0.3 is 0 Å². The Hall–Kier alpha value is -2.78. The third-order valence-corrected chi connectivity index (χ3v) is 4.65. The third kappa shape index (κ3) is 5.98. The van der Waals surface area contributed by atoms with Crippen LogP contribution in [0.1, 0.15) is 12.0 Å². The van der Waals surface area contributed by atoms with E-state index in [2.05, 4.69) is 15.0 Å². The Morgan fingerprint density at radius 1 is 1.12 bits per heavy atom. The molecule has 0 bridgehead atoms. The standard InChI is InChI=1S/C16H18N4O4S/c17-15(21)10-12-3-5-13(6-4-12)20-16(22)7-9-19-25(23,24)14-2-1-8-18-11-14/h1-6,8,11,19H,7,9-10H2,(H2,17,21)(H,20,22). The SMILES string of the molecule is NC(=O)Cc1ccc(NC(=O)CCNS(=O)(=O)c2cccnc2)cc1. The molecule has 0 saturated heterocycles. The van der Waals surface area contributed by atoms with Crippen molar-refractivity contribution in [2.45, 2.75) is 17.7 Å². The lowest BCUT2D eigenvalue weighted by Gasteiger charge is -2.08. The van der Waals surface area contributed by atoms with E-state index >= 15 is 0 Å². The van der Waals surface area contributed by atoms with Crippen molar-refractivity contribution in [2.75, 3.05) is 11.9 Å². The van der Waals surface area contributed by atoms with Crippen LogP contribution < -0.4 is 15.8 Å². The largest absolute Gasteiger partial charge is 0.369 e. The summed E-state index contributed by atoms with van der Waals surface area (Å²) in [4.78, 5) is 26.5. The summed E-state index contributed by atoms with van der Waals surface area (Å²) in [5.41, 5.74) is 6.40. The molecular weight excluding hydrogens is 344 g/mol. The fourth-order valence-electron chi connectivity index (χ4n) is 2.02. The van der Waals surface area contributed by atoms with Gasteiger partial charge in [0.15, 0.2) is 0 Å². The highest BCUT2D eigenvalue weighted by Gasteiger charge is 2.14. The number of pyridine rings is 1. The number of rotatable bonds is 8. The van der Waals surface area contributed by atoms with E-state index in [1.54, 1.807) is 24.3 Å². The Balaban J connectivity index is 1.82. The van der Waals surface area contributed by atoms with Gasteiger partial charge < -0.3 is 11.1 Å². The van der Waals surface area contributed by atoms with Gasteiger partial charge in [-0.25, -0.2) is 13.1 Å². The van der Waals surface area contributed by atoms with Crippen molar-refractivity contribution in [1.82, 2.24) is 9.71 Å². The van der Waals surface area contributed by atoms with Crippen LogP contribution in [0.15, 0.2) is 53.7 Å². The number of primary amides is 1. The number of aromatic nitrogens is 1. The summed E-state index contributed by atoms with van der Waals surface area (Å²) in [6.07, 6.45) is 2.81. The molecule has 0 fully saturated rings. The van der Waals surface area contributed by atoms with Gasteiger partial charge in [0.2, 0.25) is 21.8 Å². The molecule has 2 amide bonds. The van der Waals surface area contributed by atoms with Crippen molar-refractivity contribution in [1.29, 1.82) is 0 Å². The highest BCUT2D eigenvalue weighted by Crippen LogP contribution is 2.10. The van der Waals surface area contributed by atoms with Gasteiger partial charge in [-0.2, -0.15) is 0 Å². The molecule has 1 heterocycles. The van der Waals surface area contributed by atoms with Crippen molar-refractivity contribution < 1.29 is 18.0 Å². The van der Waals surface area contributed by atoms with Crippen LogP contribution in [0.5, 0.6) is 0 Å². The zero-order chi connectivity index (χ0) is 18.3. The van der Waals surface area contributed by atoms with Crippen molar-refractivity contribution >= 4 is 27.5 Å². The monoisotopic (exact) mass is 362 g/mol. The maximum atomic E-state index is 12.0. The predicted octanol–water partition coefficient (Wildman–Crippen LogP) is 0.417. The Bertz CT molecular complexity index is 836. The molecular formula is C16H18N4O4S. The van der Waals surface area contributed by atoms with Crippen LogP contribution in [0.4, 0.5) is 5.69 Å². The normalized spacial score (nSPS) is 11.0. The Morgan fingerprint density at radius 3 is 2.44 bits per heavy atom. The predicted molar refractivity (Wildman–Crippen MR) is 92.0 cm³/mol. The minimum absolute atomic E-state index is 0.0253. The summed E-state index contributed by atoms with van der Waals surface area (Å²) in [5.74, 6) is -0.769. The van der Waals surface area contributed by atoms with Crippen LogP contribution in [-0.2, 0) is 26.0 Å². The lowest BCUT2D eigenvalue weighted by atomic mass is 10.1. The molecule has 0 saturated carbocycles. The number of nitrogens with zero attached hydrogens (tertiary/aromatic N) is 1. The molecule has 1 aromatic heterocycles. The highest BCUT2D eigenvalue weighted by atomic mass is 32.2. The lowest BCUT2D eigenvalue weighted by molar-refractivity contribution is -0.117. The lowest BCUT2D eigenvalue weighted by Crippen LogP contribution is -2.27. The smallest absolute Gasteiger partial charge is 0.242 e. The second-order valence-electron chi connectivity index (χ2n) is 5.22. The molecule has 0 aliphatic heterocycles. The van der Waals surface area contributed by atoms with Crippen molar-refractivity contribution in [3.63, 3.8) is 0 Å². The molecule has 1 aromatic carbocycles. The summed E-state index contributed by atoms with van der Waals surface area (Å²) >= 11 is 0. The Morgan fingerprint density at radius 2 is 1.84 bits per heavy atom. The quantitative estimate of drug-likeness (QED) is 0.626. The number of amides is 2. The van der Waals surface area contributed by atoms with Crippen LogP contribution in [0.2, 0.25) is 0 Å². The van der Waals surface area contributed by atoms with Crippen molar-refractivity contribution in [3.05, 3.63) is 54.4 Å². The maximum Gasteiger partial charge on any atom is 0.242 e. The zero-order valence-corrected chi connectivity index (χ0v) is 14.1. The fourth-order valence-corrected chi connectivity index (χ4v) is 3.01. The summed E-state index contributed by atoms with van der Waals surface area (Å²) < 4.78 is 26.3. The molecule has 2 aromatic rings. The van der Waals surface area contributed by atoms with Gasteiger partial charge in [0.1, 0.15) is 4.90 Å². The first-order chi connectivity index (χ1) is 11.9. The number of anilines is 1. The average Bonchev–Trinajstić information content (AvgIpc) is 2.57. The number of nitrogens with two attached hydrogens (primary N) is 1. The molecule has 132 valence electrons. The summed E-state index contributed by atoms with van der Waals surface area (Å²) in [6, 6.07) is 9.61. The number of hydrogen-bond donors (Lipinski definition) is 3. The van der Waals surface area contributed by atoms with E-state index < -0.39 is 15.9 Å². The Labute approximate surface area is 145 Å². The van der Waals surface area contributed by atoms with Gasteiger partial charge in [0.05, 0.1) is 6.42 Å². The third-order valence-electron chi connectivity index (χ3n) is 3.20. The van der Waals surface area contributed by atoms with E-state index in [0.29, 0.717) is 5.69 Å². The molecule has 0 aliphatic carbocycles. The Kier molecular flexibility index (Phi) is 6.20. The number of carbonyl (C=O) groups is 2. The molecule has 25 heavy (non-hydrogen) atoms. The van der Waals surface area contributed by atoms with Gasteiger partial charge in [-0.15, -0.1) is 0 Å². The number of benzene rings is 1. The van der Waals surface area contributed by atoms with Gasteiger partial charge in [0.25, 0.3) is 0 Å². The molecule has 0 radical (unpaired) electrons. The van der Waals surface area contributed by atoms with Crippen molar-refractivity contribution in [3.8, 4) is 0 Å². The number of hydrogen-bond acceptors (Lipinski definition) is 5. The first kappa shape index (κ1) is 18.6. The average molecular weight is 362 g/mol. The van der Waals surface area contributed by atoms with Gasteiger partial charge in [-0.1, -0.05) is 12.1 Å². The topological polar surface area (TPSA) is 131 Å². The number of sulfonamides is 1. The number of carbonyl (C=O) groups excluding carboxylic acids is 2. The molecule has 2 rings (SSSR count). The second-order valence-corrected chi connectivity index (χ2v) is 6.99. The van der Waals surface area contributed by atoms with Crippen LogP contribution in [0, 0.1) is 0 Å². The van der Waals surface area contributed by atoms with Gasteiger partial charge in [0, 0.05) is 31.0 Å². The number of nitrogens with one attached hydrogen (secondary N) is 2. The zero-order valence-electron chi connectivity index (χ0n) is 13.3. The van der Waals surface area contributed by atoms with E-state index in [1.807, 2.05) is 0 Å². The minimum atomic E-state index is -3.68. The molecule has 4 N–H and O–H groups in total. The first-order valence-corrected chi connectivity index (χ1v) is 8.92. The molecule has 0 spiro atoms. The highest BCUT2D eigenvalue weighted by molar-refractivity contribution is 7.89. The molecule has 8 nitrogen and oxygen atoms in total. The van der Waals surface area contributed by atoms with E-state index in [4.69, 9.17) is 5.73 Å². The van der Waals surface area contributed by atoms with E-state index in [-0.39, 0.29) is 30.2 Å². The van der Waals surface area contributed by atoms with E-state index in [9.17, 15) is 18.0 Å². The van der Waals surface area contributed by atoms with Gasteiger partial charge in [-0.05, 0) is 29.8 Å². The van der Waals surface area contributed by atoms with Gasteiger partial charge in [-0.3, -0.25) is 14.6 Å². The minimum Gasteiger partial charge on any atom is -0.369 e. The summed E-state index contributed by atoms with van der Waals surface area (Å²) in [5, 5.41) is 2.65. The molecule has 9 heteroatoms. The van der Waals surface area contributed by atoms with Crippen molar-refractivity contribution in [2.24, 2.45) is 5.73 Å². The van der Waals surface area contributed by atoms with Crippen LogP contribution in [0.3, 0.4) is 0 Å². The van der Waals surface area contributed by atoms with E-state index in [1.165, 1.54) is 24.5 Å². The molecule has 0 unspecified atom stereocenters. The van der Waals surface area contributed by atoms with Crippen LogP contribution in [-0.4, -0.2) is 31.8 Å². The maximum absolute atomic E-state index is 12.0. The summed E-state index contributed by atoms with van der Waals surface area (Å²) in [6.45, 7) is -0.0389. The molecule has 0 aliphatic rings. The van der Waals surface area contributed by atoms with E-state index in [0.717, 1.165) is 5.56 Å². The summed E-state index contributed by atoms with van der Waals surface area (Å²) in [7, 11) is -3.68. The first-order valence-electron chi connectivity index (χ1n) is 7.43. The molecule has 0 atom stereocenters.